The van der Waals surface area contributed by atoms with E-state index in [4.69, 9.17) is 15.0 Å². The molecule has 2 amide bonds. The van der Waals surface area contributed by atoms with Crippen molar-refractivity contribution in [3.8, 4) is 0 Å². The fourth-order valence-electron chi connectivity index (χ4n) is 5.28. The van der Waals surface area contributed by atoms with Crippen LogP contribution in [0.15, 0.2) is 89.8 Å². The zero-order chi connectivity index (χ0) is 35.3. The number of carbonyl (C=O) groups is 2. The number of hydrogen-bond acceptors (Lipinski definition) is 8. The molecule has 16 heteroatoms. The molecular formula is C33H46N4NaO9PS. The van der Waals surface area contributed by atoms with Crippen molar-refractivity contribution in [2.45, 2.75) is 56.0 Å². The minimum atomic E-state index is -4.91. The normalized spacial score (nSPS) is 13.1. The van der Waals surface area contributed by atoms with Gasteiger partial charge in [0.2, 0.25) is 15.9 Å². The van der Waals surface area contributed by atoms with E-state index in [1.54, 1.807) is 0 Å². The molecule has 2 atom stereocenters. The van der Waals surface area contributed by atoms with Gasteiger partial charge in [0, 0.05) is 30.7 Å². The average molecular weight is 729 g/mol. The Hall–Kier alpha value is -2.78. The van der Waals surface area contributed by atoms with E-state index in [9.17, 15) is 32.4 Å². The van der Waals surface area contributed by atoms with Crippen molar-refractivity contribution < 1.29 is 41.6 Å². The summed E-state index contributed by atoms with van der Waals surface area (Å²) < 4.78 is 49.9. The summed E-state index contributed by atoms with van der Waals surface area (Å²) in [7, 11) is -7.79. The van der Waals surface area contributed by atoms with Crippen molar-refractivity contribution in [1.82, 2.24) is 14.9 Å². The average Bonchev–Trinajstić information content (AvgIpc) is 3.05. The van der Waals surface area contributed by atoms with Gasteiger partial charge in [-0.05, 0) is 54.2 Å². The molecule has 0 saturated carbocycles. The maximum atomic E-state index is 13.7. The molecule has 0 saturated heterocycles. The summed E-state index contributed by atoms with van der Waals surface area (Å²) in [6.45, 7) is 3.37. The second-order valence-corrected chi connectivity index (χ2v) is 14.8. The van der Waals surface area contributed by atoms with Gasteiger partial charge in [-0.1, -0.05) is 80.9 Å². The monoisotopic (exact) mass is 728 g/mol. The molecule has 0 fully saturated rings. The van der Waals surface area contributed by atoms with E-state index in [0.717, 1.165) is 11.1 Å². The predicted octanol–water partition coefficient (Wildman–Crippen LogP) is 3.59. The van der Waals surface area contributed by atoms with Gasteiger partial charge >= 0.3 is 43.5 Å². The van der Waals surface area contributed by atoms with Crippen LogP contribution in [0.3, 0.4) is 0 Å². The molecule has 0 heterocycles. The summed E-state index contributed by atoms with van der Waals surface area (Å²) >= 11 is 0. The number of methoxy groups -OCH3 is 1. The molecule has 6 N–H and O–H groups in total. The number of carbonyl (C=O) groups excluding carboxylic acids is 2. The van der Waals surface area contributed by atoms with Crippen molar-refractivity contribution in [3.63, 3.8) is 0 Å². The summed E-state index contributed by atoms with van der Waals surface area (Å²) in [5.41, 5.74) is 7.75. The van der Waals surface area contributed by atoms with Crippen LogP contribution < -0.4 is 16.4 Å². The number of amides is 2. The SMILES string of the molecule is COC(=O)NC(C(=O)NCCCCC(COP(=O)(O)O)N(CC(C)C)S(=O)(=O)c1ccc(N)cc1)C(c1ccccc1)c1ccccc1.[NaH]. The van der Waals surface area contributed by atoms with Crippen molar-refractivity contribution in [3.05, 3.63) is 96.1 Å². The zero-order valence-corrected chi connectivity index (χ0v) is 29.0. The van der Waals surface area contributed by atoms with Crippen molar-refractivity contribution >= 4 is 65.1 Å². The quantitative estimate of drug-likeness (QED) is 0.0559. The Morgan fingerprint density at radius 3 is 1.96 bits per heavy atom. The van der Waals surface area contributed by atoms with E-state index >= 15 is 0 Å². The fraction of sp³-hybridized carbons (Fsp3) is 0.394. The Kier molecular flexibility index (Phi) is 17.4. The van der Waals surface area contributed by atoms with Gasteiger partial charge in [-0.15, -0.1) is 0 Å². The molecule has 3 aromatic rings. The first-order valence-electron chi connectivity index (χ1n) is 15.5. The number of hydrogen-bond donors (Lipinski definition) is 5. The van der Waals surface area contributed by atoms with Gasteiger partial charge in [0.05, 0.1) is 18.6 Å². The third kappa shape index (κ3) is 13.5. The van der Waals surface area contributed by atoms with E-state index < -0.39 is 54.5 Å². The summed E-state index contributed by atoms with van der Waals surface area (Å²) in [6.07, 6.45) is 0.170. The van der Waals surface area contributed by atoms with E-state index in [0.29, 0.717) is 18.5 Å². The number of nitrogens with two attached hydrogens (primary N) is 1. The number of nitrogens with one attached hydrogen (secondary N) is 2. The number of benzene rings is 3. The van der Waals surface area contributed by atoms with Crippen LogP contribution in [0, 0.1) is 5.92 Å². The Morgan fingerprint density at radius 1 is 0.918 bits per heavy atom. The summed E-state index contributed by atoms with van der Waals surface area (Å²) in [4.78, 5) is 44.8. The Morgan fingerprint density at radius 2 is 1.47 bits per heavy atom. The number of phosphoric acid groups is 1. The summed E-state index contributed by atoms with van der Waals surface area (Å²) in [5.74, 6) is -1.11. The van der Waals surface area contributed by atoms with Gasteiger partial charge in [-0.25, -0.2) is 17.8 Å². The molecule has 0 radical (unpaired) electrons. The number of nitrogens with zero attached hydrogens (tertiary/aromatic N) is 1. The molecule has 0 aromatic heterocycles. The van der Waals surface area contributed by atoms with E-state index in [2.05, 4.69) is 10.6 Å². The van der Waals surface area contributed by atoms with Crippen molar-refractivity contribution in [1.29, 1.82) is 0 Å². The number of anilines is 1. The fourth-order valence-corrected chi connectivity index (χ4v) is 7.45. The van der Waals surface area contributed by atoms with Crippen LogP contribution in [-0.2, 0) is 28.6 Å². The molecule has 0 bridgehead atoms. The molecule has 0 spiro atoms. The van der Waals surface area contributed by atoms with Crippen LogP contribution in [0.1, 0.15) is 50.2 Å². The number of unbranched alkanes of at least 4 members (excludes halogenated alkanes) is 1. The standard InChI is InChI=1S/C33H45N4O9PS.Na.H/c1-24(2)22-37(48(43,44)29-19-17-27(34)18-20-29)28(23-46-47(40,41)42)16-10-11-21-35-32(38)31(36-33(39)45-3)30(25-12-6-4-7-13-25)26-14-8-5-9-15-26;;/h4-9,12-15,17-20,24,28,30-31H,10-11,16,21-23,34H2,1-3H3,(H,35,38)(H,36,39)(H2,40,41,42);;. The Labute approximate surface area is 310 Å². The molecule has 3 rings (SSSR count). The molecular weight excluding hydrogens is 682 g/mol. The van der Waals surface area contributed by atoms with E-state index in [-0.39, 0.29) is 59.9 Å². The molecule has 0 aliphatic heterocycles. The second kappa shape index (κ2) is 20.2. The molecule has 49 heavy (non-hydrogen) atoms. The van der Waals surface area contributed by atoms with Gasteiger partial charge in [0.25, 0.3) is 0 Å². The van der Waals surface area contributed by atoms with Crippen LogP contribution in [0.2, 0.25) is 0 Å². The third-order valence-corrected chi connectivity index (χ3v) is 9.95. The zero-order valence-electron chi connectivity index (χ0n) is 27.3. The van der Waals surface area contributed by atoms with Gasteiger partial charge in [-0.3, -0.25) is 9.32 Å². The minimum absolute atomic E-state index is 0. The van der Waals surface area contributed by atoms with Crippen LogP contribution in [0.25, 0.3) is 0 Å². The number of sulfonamides is 1. The molecule has 3 aromatic carbocycles. The maximum absolute atomic E-state index is 13.7. The first kappa shape index (κ1) is 42.4. The third-order valence-electron chi connectivity index (χ3n) is 7.53. The Bertz CT molecular complexity index is 1570. The number of rotatable bonds is 18. The van der Waals surface area contributed by atoms with Crippen molar-refractivity contribution in [2.75, 3.05) is 32.5 Å². The van der Waals surface area contributed by atoms with Crippen LogP contribution >= 0.6 is 7.82 Å². The number of alkyl carbamates (subject to hydrolysis) is 1. The first-order chi connectivity index (χ1) is 22.7. The van der Waals surface area contributed by atoms with Crippen LogP contribution in [-0.4, -0.2) is 103 Å². The number of nitrogen functional groups attached to an aromatic ring is 1. The topological polar surface area (TPSA) is 198 Å². The van der Waals surface area contributed by atoms with Crippen LogP contribution in [0.4, 0.5) is 10.5 Å². The first-order valence-corrected chi connectivity index (χ1v) is 18.5. The van der Waals surface area contributed by atoms with Crippen molar-refractivity contribution in [2.24, 2.45) is 5.92 Å². The molecule has 2 unspecified atom stereocenters. The molecule has 0 aliphatic carbocycles. The molecule has 0 aliphatic rings. The van der Waals surface area contributed by atoms with E-state index in [1.807, 2.05) is 74.5 Å². The summed E-state index contributed by atoms with van der Waals surface area (Å²) in [5, 5.41) is 5.55. The van der Waals surface area contributed by atoms with Crippen LogP contribution in [0.5, 0.6) is 0 Å². The second-order valence-electron chi connectivity index (χ2n) is 11.7. The Balaban J connectivity index is 0.00000833. The van der Waals surface area contributed by atoms with Gasteiger partial charge in [0.1, 0.15) is 6.04 Å². The van der Waals surface area contributed by atoms with Gasteiger partial charge in [-0.2, -0.15) is 4.31 Å². The molecule has 264 valence electrons. The van der Waals surface area contributed by atoms with Gasteiger partial charge in [0.15, 0.2) is 0 Å². The summed E-state index contributed by atoms with van der Waals surface area (Å²) in [6, 6.07) is 22.3. The van der Waals surface area contributed by atoms with E-state index in [1.165, 1.54) is 35.7 Å². The number of phosphoric ester groups is 1. The number of ether oxygens (including phenoxy) is 1. The molecule has 13 nitrogen and oxygen atoms in total. The predicted molar refractivity (Wildman–Crippen MR) is 189 cm³/mol. The van der Waals surface area contributed by atoms with Gasteiger partial charge < -0.3 is 30.9 Å².